The third-order valence-corrected chi connectivity index (χ3v) is 4.39. The molecule has 5 rings (SSSR count). The van der Waals surface area contributed by atoms with E-state index in [0.717, 1.165) is 28.2 Å². The number of hydrogen-bond acceptors (Lipinski definition) is 5. The lowest BCUT2D eigenvalue weighted by atomic mass is 10.0. The molecule has 0 amide bonds. The number of aromatic nitrogens is 6. The number of nitrogens with one attached hydrogen (secondary N) is 1. The lowest BCUT2D eigenvalue weighted by Gasteiger charge is -2.09. The van der Waals surface area contributed by atoms with Gasteiger partial charge in [-0.15, -0.1) is 0 Å². The van der Waals surface area contributed by atoms with Gasteiger partial charge in [0.25, 0.3) is 5.89 Å². The fourth-order valence-corrected chi connectivity index (χ4v) is 3.27. The van der Waals surface area contributed by atoms with Crippen molar-refractivity contribution in [3.8, 4) is 28.5 Å². The van der Waals surface area contributed by atoms with Crippen molar-refractivity contribution >= 4 is 11.6 Å². The molecule has 0 aliphatic carbocycles. The average molecular weight is 339 g/mol. The van der Waals surface area contributed by atoms with Crippen molar-refractivity contribution in [3.63, 3.8) is 0 Å². The summed E-state index contributed by atoms with van der Waals surface area (Å²) >= 11 is 6.20. The molecule has 0 saturated carbocycles. The number of hydrogen-bond donors (Lipinski definition) is 1. The van der Waals surface area contributed by atoms with E-state index < -0.39 is 0 Å². The molecule has 0 unspecified atom stereocenters. The van der Waals surface area contributed by atoms with E-state index in [1.54, 1.807) is 13.3 Å². The number of fused-ring (bicyclic) bond motifs is 5. The molecular weight excluding hydrogens is 328 g/mol. The van der Waals surface area contributed by atoms with Crippen molar-refractivity contribution in [2.45, 2.75) is 13.3 Å². The van der Waals surface area contributed by atoms with Crippen molar-refractivity contribution < 1.29 is 4.52 Å². The number of aryl methyl sites for hydroxylation is 1. The monoisotopic (exact) mass is 338 g/mol. The lowest BCUT2D eigenvalue weighted by molar-refractivity contribution is 0.424. The van der Waals surface area contributed by atoms with Crippen LogP contribution >= 0.6 is 11.6 Å². The van der Waals surface area contributed by atoms with Crippen LogP contribution in [-0.2, 0) is 6.42 Å². The van der Waals surface area contributed by atoms with Gasteiger partial charge in [0.2, 0.25) is 0 Å². The van der Waals surface area contributed by atoms with Gasteiger partial charge in [-0.1, -0.05) is 16.8 Å². The van der Waals surface area contributed by atoms with Gasteiger partial charge in [-0.25, -0.2) is 4.98 Å². The predicted octanol–water partition coefficient (Wildman–Crippen LogP) is 3.18. The smallest absolute Gasteiger partial charge is 0.278 e. The number of halogens is 1. The normalized spacial score (nSPS) is 12.4. The van der Waals surface area contributed by atoms with Gasteiger partial charge in [0.15, 0.2) is 11.5 Å². The average Bonchev–Trinajstić information content (AvgIpc) is 3.27. The van der Waals surface area contributed by atoms with Crippen LogP contribution in [-0.4, -0.2) is 29.9 Å². The van der Waals surface area contributed by atoms with E-state index in [2.05, 4.69) is 25.3 Å². The molecule has 1 aliphatic heterocycles. The molecule has 24 heavy (non-hydrogen) atoms. The summed E-state index contributed by atoms with van der Waals surface area (Å²) in [6.07, 6.45) is 4.25. The van der Waals surface area contributed by atoms with Crippen molar-refractivity contribution in [3.05, 3.63) is 52.8 Å². The van der Waals surface area contributed by atoms with Crippen LogP contribution in [0.5, 0.6) is 0 Å². The zero-order chi connectivity index (χ0) is 16.3. The highest BCUT2D eigenvalue weighted by Gasteiger charge is 2.26. The molecule has 7 nitrogen and oxygen atoms in total. The van der Waals surface area contributed by atoms with Gasteiger partial charge < -0.3 is 9.09 Å². The van der Waals surface area contributed by atoms with E-state index in [-0.39, 0.29) is 0 Å². The molecule has 4 heterocycles. The third-order valence-electron chi connectivity index (χ3n) is 4.16. The molecule has 3 aromatic heterocycles. The maximum Gasteiger partial charge on any atom is 0.278 e. The number of benzene rings is 1. The van der Waals surface area contributed by atoms with E-state index in [1.807, 2.05) is 29.0 Å². The van der Waals surface area contributed by atoms with Crippen LogP contribution in [0.25, 0.3) is 28.5 Å². The van der Waals surface area contributed by atoms with Gasteiger partial charge in [0, 0.05) is 22.6 Å². The molecule has 118 valence electrons. The molecule has 0 bridgehead atoms. The second kappa shape index (κ2) is 4.78. The Hall–Kier alpha value is -2.93. The highest BCUT2D eigenvalue weighted by molar-refractivity contribution is 6.31. The van der Waals surface area contributed by atoms with E-state index in [9.17, 15) is 0 Å². The van der Waals surface area contributed by atoms with Gasteiger partial charge in [-0.3, -0.25) is 5.10 Å². The summed E-state index contributed by atoms with van der Waals surface area (Å²) in [6, 6.07) is 5.77. The Labute approximate surface area is 141 Å². The topological polar surface area (TPSA) is 85.4 Å². The van der Waals surface area contributed by atoms with Gasteiger partial charge in [-0.2, -0.15) is 10.1 Å². The molecule has 8 heteroatoms. The largest absolute Gasteiger partial charge is 0.332 e. The molecule has 0 spiro atoms. The SMILES string of the molecule is Cc1noc(-c2ncn3c2Cc2cn[nH]c2-c2cc(Cl)ccc2-3)n1. The standard InChI is InChI=1S/C16H11ClN6O/c1-8-20-16(24-22-8)15-13-4-9-6-19-21-14(9)11-5-10(17)2-3-12(11)23(13)7-18-15/h2-3,5-7H,4H2,1H3,(H,19,21). The summed E-state index contributed by atoms with van der Waals surface area (Å²) in [7, 11) is 0. The summed E-state index contributed by atoms with van der Waals surface area (Å²) < 4.78 is 7.35. The fourth-order valence-electron chi connectivity index (χ4n) is 3.10. The molecule has 0 saturated heterocycles. The Kier molecular flexibility index (Phi) is 2.69. The predicted molar refractivity (Wildman–Crippen MR) is 87.0 cm³/mol. The molecular formula is C16H11ClN6O. The van der Waals surface area contributed by atoms with Crippen LogP contribution in [0.1, 0.15) is 17.1 Å². The van der Waals surface area contributed by atoms with Crippen molar-refractivity contribution in [2.24, 2.45) is 0 Å². The van der Waals surface area contributed by atoms with Gasteiger partial charge in [0.1, 0.15) is 6.33 Å². The number of aromatic amines is 1. The van der Waals surface area contributed by atoms with Gasteiger partial charge in [0.05, 0.1) is 23.3 Å². The summed E-state index contributed by atoms with van der Waals surface area (Å²) in [5, 5.41) is 11.8. The van der Waals surface area contributed by atoms with Crippen LogP contribution in [0, 0.1) is 6.92 Å². The second-order valence-electron chi connectivity index (χ2n) is 5.67. The first-order valence-electron chi connectivity index (χ1n) is 7.40. The Morgan fingerprint density at radius 3 is 3.08 bits per heavy atom. The highest BCUT2D eigenvalue weighted by Crippen LogP contribution is 2.37. The Bertz CT molecular complexity index is 1080. The number of rotatable bonds is 1. The number of imidazole rings is 1. The summed E-state index contributed by atoms with van der Waals surface area (Å²) in [6.45, 7) is 1.78. The van der Waals surface area contributed by atoms with Crippen LogP contribution < -0.4 is 0 Å². The second-order valence-corrected chi connectivity index (χ2v) is 6.10. The molecule has 0 atom stereocenters. The molecule has 0 radical (unpaired) electrons. The summed E-state index contributed by atoms with van der Waals surface area (Å²) in [5.74, 6) is 1.00. The Morgan fingerprint density at radius 1 is 1.33 bits per heavy atom. The Morgan fingerprint density at radius 2 is 2.25 bits per heavy atom. The van der Waals surface area contributed by atoms with Crippen molar-refractivity contribution in [1.82, 2.24) is 29.9 Å². The lowest BCUT2D eigenvalue weighted by Crippen LogP contribution is -1.99. The zero-order valence-electron chi connectivity index (χ0n) is 12.6. The van der Waals surface area contributed by atoms with Gasteiger partial charge >= 0.3 is 0 Å². The molecule has 1 aliphatic rings. The number of H-pyrrole nitrogens is 1. The Balaban J connectivity index is 1.81. The highest BCUT2D eigenvalue weighted by atomic mass is 35.5. The first-order valence-corrected chi connectivity index (χ1v) is 7.78. The third kappa shape index (κ3) is 1.85. The van der Waals surface area contributed by atoms with E-state index >= 15 is 0 Å². The van der Waals surface area contributed by atoms with Gasteiger partial charge in [-0.05, 0) is 25.1 Å². The maximum atomic E-state index is 6.20. The van der Waals surface area contributed by atoms with Crippen LogP contribution in [0.2, 0.25) is 5.02 Å². The quantitative estimate of drug-likeness (QED) is 0.507. The summed E-state index contributed by atoms with van der Waals surface area (Å²) in [4.78, 5) is 8.81. The minimum atomic E-state index is 0.420. The fraction of sp³-hybridized carbons (Fsp3) is 0.125. The van der Waals surface area contributed by atoms with Crippen molar-refractivity contribution in [1.29, 1.82) is 0 Å². The minimum absolute atomic E-state index is 0.420. The summed E-state index contributed by atoms with van der Waals surface area (Å²) in [5.41, 5.74) is 5.65. The molecule has 4 aromatic rings. The van der Waals surface area contributed by atoms with Crippen molar-refractivity contribution in [2.75, 3.05) is 0 Å². The van der Waals surface area contributed by atoms with E-state index in [1.165, 1.54) is 0 Å². The minimum Gasteiger partial charge on any atom is -0.332 e. The first-order chi connectivity index (χ1) is 11.7. The van der Waals surface area contributed by atoms with Crippen LogP contribution in [0.4, 0.5) is 0 Å². The zero-order valence-corrected chi connectivity index (χ0v) is 13.4. The van der Waals surface area contributed by atoms with E-state index in [0.29, 0.717) is 28.9 Å². The maximum absolute atomic E-state index is 6.20. The van der Waals surface area contributed by atoms with E-state index in [4.69, 9.17) is 16.1 Å². The van der Waals surface area contributed by atoms with Crippen LogP contribution in [0.3, 0.4) is 0 Å². The molecule has 0 fully saturated rings. The first kappa shape index (κ1) is 13.5. The number of nitrogens with zero attached hydrogens (tertiary/aromatic N) is 5. The van der Waals surface area contributed by atoms with Crippen LogP contribution in [0.15, 0.2) is 35.2 Å². The molecule has 1 aromatic carbocycles. The molecule has 1 N–H and O–H groups in total.